The molecule has 0 aromatic carbocycles. The van der Waals surface area contributed by atoms with E-state index in [1.165, 1.54) is 5.57 Å². The molecule has 0 atom stereocenters. The fraction of sp³-hybridized carbons (Fsp3) is 0.556. The van der Waals surface area contributed by atoms with Crippen molar-refractivity contribution in [1.29, 1.82) is 0 Å². The molecular weight excluding hydrogens is 108 g/mol. The van der Waals surface area contributed by atoms with E-state index in [0.29, 0.717) is 0 Å². The molecule has 0 unspecified atom stereocenters. The zero-order valence-electron chi connectivity index (χ0n) is 6.28. The van der Waals surface area contributed by atoms with Gasteiger partial charge >= 0.3 is 0 Å². The Morgan fingerprint density at radius 3 is 2.78 bits per heavy atom. The van der Waals surface area contributed by atoms with Gasteiger partial charge < -0.3 is 0 Å². The second kappa shape index (κ2) is 5.44. The van der Waals surface area contributed by atoms with Crippen molar-refractivity contribution in [3.05, 3.63) is 11.6 Å². The highest BCUT2D eigenvalue weighted by atomic mass is 13.9. The van der Waals surface area contributed by atoms with Crippen LogP contribution >= 0.6 is 0 Å². The highest BCUT2D eigenvalue weighted by molar-refractivity contribution is 4.96. The van der Waals surface area contributed by atoms with Gasteiger partial charge in [-0.15, -0.1) is 12.3 Å². The predicted octanol–water partition coefficient (Wildman–Crippen LogP) is 2.76. The summed E-state index contributed by atoms with van der Waals surface area (Å²) in [5, 5.41) is 0. The van der Waals surface area contributed by atoms with E-state index < -0.39 is 0 Å². The predicted molar refractivity (Wildman–Crippen MR) is 42.1 cm³/mol. The van der Waals surface area contributed by atoms with Gasteiger partial charge in [-0.2, -0.15) is 0 Å². The van der Waals surface area contributed by atoms with Crippen molar-refractivity contribution in [2.75, 3.05) is 0 Å². The molecule has 0 aliphatic carbocycles. The van der Waals surface area contributed by atoms with E-state index in [-0.39, 0.29) is 0 Å². The van der Waals surface area contributed by atoms with E-state index in [9.17, 15) is 0 Å². The zero-order valence-corrected chi connectivity index (χ0v) is 6.28. The van der Waals surface area contributed by atoms with Crippen molar-refractivity contribution in [2.24, 2.45) is 0 Å². The first-order valence-corrected chi connectivity index (χ1v) is 3.36. The molecule has 50 valence electrons. The second-order valence-corrected chi connectivity index (χ2v) is 2.19. The summed E-state index contributed by atoms with van der Waals surface area (Å²) in [4.78, 5) is 0. The minimum absolute atomic E-state index is 0.908. The lowest BCUT2D eigenvalue weighted by atomic mass is 10.1. The van der Waals surface area contributed by atoms with E-state index in [4.69, 9.17) is 6.42 Å². The van der Waals surface area contributed by atoms with Gasteiger partial charge in [0.1, 0.15) is 0 Å². The van der Waals surface area contributed by atoms with Crippen LogP contribution in [0.4, 0.5) is 0 Å². The molecule has 0 spiro atoms. The topological polar surface area (TPSA) is 0 Å². The molecule has 0 heterocycles. The van der Waals surface area contributed by atoms with Crippen molar-refractivity contribution in [1.82, 2.24) is 0 Å². The lowest BCUT2D eigenvalue weighted by molar-refractivity contribution is 0.845. The van der Waals surface area contributed by atoms with Crippen LogP contribution in [0.5, 0.6) is 0 Å². The van der Waals surface area contributed by atoms with Crippen molar-refractivity contribution in [3.63, 3.8) is 0 Å². The highest BCUT2D eigenvalue weighted by Crippen LogP contribution is 2.04. The Morgan fingerprint density at radius 1 is 1.67 bits per heavy atom. The third-order valence-corrected chi connectivity index (χ3v) is 1.39. The van der Waals surface area contributed by atoms with Gasteiger partial charge in [-0.1, -0.05) is 11.6 Å². The van der Waals surface area contributed by atoms with Gasteiger partial charge in [0.15, 0.2) is 0 Å². The summed E-state index contributed by atoms with van der Waals surface area (Å²) in [6.45, 7) is 4.20. The maximum absolute atomic E-state index is 5.09. The molecule has 0 aromatic rings. The number of hydrogen-bond donors (Lipinski definition) is 0. The summed E-state index contributed by atoms with van der Waals surface area (Å²) in [6.07, 6.45) is 10.4. The quantitative estimate of drug-likeness (QED) is 0.307. The smallest absolute Gasteiger partial charge is 0.00891 e. The number of terminal acetylenes is 1. The van der Waals surface area contributed by atoms with Gasteiger partial charge in [0.2, 0.25) is 0 Å². The maximum atomic E-state index is 5.09. The Bertz CT molecular complexity index is 123. The summed E-state index contributed by atoms with van der Waals surface area (Å²) in [6, 6.07) is 0. The first-order valence-electron chi connectivity index (χ1n) is 3.36. The van der Waals surface area contributed by atoms with Gasteiger partial charge in [0, 0.05) is 6.42 Å². The lowest BCUT2D eigenvalue weighted by Gasteiger charge is -1.94. The molecule has 0 radical (unpaired) electrons. The monoisotopic (exact) mass is 122 g/mol. The number of unbranched alkanes of at least 4 members (excludes halogenated alkanes) is 1. The SMILES string of the molecule is C#CCCCC(C)=CC. The van der Waals surface area contributed by atoms with Gasteiger partial charge in [-0.25, -0.2) is 0 Å². The molecule has 0 nitrogen and oxygen atoms in total. The van der Waals surface area contributed by atoms with E-state index in [2.05, 4.69) is 25.8 Å². The minimum Gasteiger partial charge on any atom is -0.120 e. The Morgan fingerprint density at radius 2 is 2.33 bits per heavy atom. The summed E-state index contributed by atoms with van der Waals surface area (Å²) in [5.41, 5.74) is 1.44. The Kier molecular flexibility index (Phi) is 5.01. The van der Waals surface area contributed by atoms with Gasteiger partial charge in [-0.3, -0.25) is 0 Å². The largest absolute Gasteiger partial charge is 0.120 e. The molecule has 0 saturated carbocycles. The third kappa shape index (κ3) is 5.17. The summed E-state index contributed by atoms with van der Waals surface area (Å²) >= 11 is 0. The van der Waals surface area contributed by atoms with E-state index in [1.807, 2.05) is 0 Å². The molecule has 0 fully saturated rings. The van der Waals surface area contributed by atoms with Crippen molar-refractivity contribution in [3.8, 4) is 12.3 Å². The highest BCUT2D eigenvalue weighted by Gasteiger charge is 1.85. The van der Waals surface area contributed by atoms with Crippen LogP contribution in [0.2, 0.25) is 0 Å². The number of hydrogen-bond acceptors (Lipinski definition) is 0. The zero-order chi connectivity index (χ0) is 7.11. The molecule has 0 amide bonds. The fourth-order valence-corrected chi connectivity index (χ4v) is 0.614. The van der Waals surface area contributed by atoms with E-state index >= 15 is 0 Å². The number of rotatable bonds is 3. The molecule has 0 aliphatic rings. The average Bonchev–Trinajstić information content (AvgIpc) is 1.89. The Hall–Kier alpha value is -0.700. The van der Waals surface area contributed by atoms with Crippen LogP contribution in [-0.4, -0.2) is 0 Å². The van der Waals surface area contributed by atoms with Gasteiger partial charge in [0.25, 0.3) is 0 Å². The van der Waals surface area contributed by atoms with Gasteiger partial charge in [0.05, 0.1) is 0 Å². The third-order valence-electron chi connectivity index (χ3n) is 1.39. The summed E-state index contributed by atoms with van der Waals surface area (Å²) in [7, 11) is 0. The maximum Gasteiger partial charge on any atom is 0.00891 e. The molecule has 0 aliphatic heterocycles. The first kappa shape index (κ1) is 8.30. The van der Waals surface area contributed by atoms with Crippen molar-refractivity contribution < 1.29 is 0 Å². The molecular formula is C9H14. The van der Waals surface area contributed by atoms with Crippen LogP contribution in [0.1, 0.15) is 33.1 Å². The van der Waals surface area contributed by atoms with Crippen molar-refractivity contribution >= 4 is 0 Å². The fourth-order valence-electron chi connectivity index (χ4n) is 0.614. The Labute approximate surface area is 58.0 Å². The molecule has 0 heteroatoms. The van der Waals surface area contributed by atoms with Crippen LogP contribution in [0.25, 0.3) is 0 Å². The normalized spacial score (nSPS) is 11.0. The second-order valence-electron chi connectivity index (χ2n) is 2.19. The van der Waals surface area contributed by atoms with E-state index in [0.717, 1.165) is 19.3 Å². The Balaban J connectivity index is 3.20. The standard InChI is InChI=1S/C9H14/c1-4-6-7-8-9(3)5-2/h1,5H,6-8H2,2-3H3. The van der Waals surface area contributed by atoms with Gasteiger partial charge in [-0.05, 0) is 26.7 Å². The van der Waals surface area contributed by atoms with Crippen LogP contribution in [0.3, 0.4) is 0 Å². The lowest BCUT2D eigenvalue weighted by Crippen LogP contribution is -1.75. The van der Waals surface area contributed by atoms with E-state index in [1.54, 1.807) is 0 Å². The summed E-state index contributed by atoms with van der Waals surface area (Å²) in [5.74, 6) is 2.62. The van der Waals surface area contributed by atoms with Crippen LogP contribution in [-0.2, 0) is 0 Å². The van der Waals surface area contributed by atoms with Crippen LogP contribution in [0, 0.1) is 12.3 Å². The number of allylic oxidation sites excluding steroid dienone is 2. The molecule has 0 saturated heterocycles. The average molecular weight is 122 g/mol. The molecule has 0 bridgehead atoms. The molecule has 9 heavy (non-hydrogen) atoms. The summed E-state index contributed by atoms with van der Waals surface area (Å²) < 4.78 is 0. The van der Waals surface area contributed by atoms with Crippen molar-refractivity contribution in [2.45, 2.75) is 33.1 Å². The molecule has 0 rings (SSSR count). The van der Waals surface area contributed by atoms with Crippen LogP contribution in [0.15, 0.2) is 11.6 Å². The molecule has 0 N–H and O–H groups in total. The first-order chi connectivity index (χ1) is 4.31. The van der Waals surface area contributed by atoms with Crippen LogP contribution < -0.4 is 0 Å². The minimum atomic E-state index is 0.908. The molecule has 0 aromatic heterocycles.